The third-order valence-electron chi connectivity index (χ3n) is 3.32. The summed E-state index contributed by atoms with van der Waals surface area (Å²) in [5.41, 5.74) is -1.11. The van der Waals surface area contributed by atoms with Gasteiger partial charge >= 0.3 is 12.1 Å². The van der Waals surface area contributed by atoms with Crippen LogP contribution in [0.5, 0.6) is 0 Å². The Kier molecular flexibility index (Phi) is 8.27. The SMILES string of the molecule is CC(C)(C)OC(=O)NCCCCC(C(=O)OC(C)(C)C)C(C)(C)C. The number of alkyl carbamates (subject to hydrolysis) is 1. The second-order valence-corrected chi connectivity index (χ2v) is 9.38. The van der Waals surface area contributed by atoms with Crippen molar-refractivity contribution in [3.63, 3.8) is 0 Å². The molecule has 0 saturated heterocycles. The van der Waals surface area contributed by atoms with E-state index in [2.05, 4.69) is 26.1 Å². The number of esters is 1. The summed E-state index contributed by atoms with van der Waals surface area (Å²) in [6, 6.07) is 0. The predicted molar refractivity (Wildman–Crippen MR) is 96.9 cm³/mol. The van der Waals surface area contributed by atoms with E-state index in [0.717, 1.165) is 19.3 Å². The number of ether oxygens (including phenoxy) is 2. The Bertz CT molecular complexity index is 411. The molecule has 0 aromatic carbocycles. The maximum absolute atomic E-state index is 12.4. The van der Waals surface area contributed by atoms with Crippen LogP contribution in [0, 0.1) is 11.3 Å². The van der Waals surface area contributed by atoms with Gasteiger partial charge in [0.05, 0.1) is 5.92 Å². The van der Waals surface area contributed by atoms with Gasteiger partial charge in [-0.25, -0.2) is 4.79 Å². The van der Waals surface area contributed by atoms with Crippen molar-refractivity contribution in [3.8, 4) is 0 Å². The molecule has 0 spiro atoms. The zero-order valence-electron chi connectivity index (χ0n) is 17.0. The van der Waals surface area contributed by atoms with Crippen LogP contribution < -0.4 is 5.32 Å². The number of nitrogens with one attached hydrogen (secondary N) is 1. The molecule has 0 aromatic heterocycles. The van der Waals surface area contributed by atoms with E-state index in [1.54, 1.807) is 0 Å². The fourth-order valence-electron chi connectivity index (χ4n) is 2.26. The molecular formula is C19H37NO4. The first-order chi connectivity index (χ1) is 10.6. The Morgan fingerprint density at radius 2 is 1.33 bits per heavy atom. The van der Waals surface area contributed by atoms with Gasteiger partial charge in [-0.05, 0) is 59.8 Å². The van der Waals surface area contributed by atoms with Gasteiger partial charge in [0, 0.05) is 6.54 Å². The van der Waals surface area contributed by atoms with Gasteiger partial charge in [-0.3, -0.25) is 4.79 Å². The monoisotopic (exact) mass is 343 g/mol. The zero-order valence-corrected chi connectivity index (χ0v) is 17.0. The quantitative estimate of drug-likeness (QED) is 0.561. The highest BCUT2D eigenvalue weighted by Crippen LogP contribution is 2.32. The fourth-order valence-corrected chi connectivity index (χ4v) is 2.26. The molecule has 1 atom stereocenters. The van der Waals surface area contributed by atoms with E-state index in [-0.39, 0.29) is 17.3 Å². The third kappa shape index (κ3) is 11.3. The van der Waals surface area contributed by atoms with Crippen molar-refractivity contribution in [2.45, 2.75) is 92.8 Å². The van der Waals surface area contributed by atoms with Gasteiger partial charge in [-0.1, -0.05) is 27.2 Å². The molecule has 5 nitrogen and oxygen atoms in total. The maximum atomic E-state index is 12.4. The van der Waals surface area contributed by atoms with Gasteiger partial charge in [0.1, 0.15) is 11.2 Å². The van der Waals surface area contributed by atoms with Crippen LogP contribution in [0.15, 0.2) is 0 Å². The van der Waals surface area contributed by atoms with Crippen LogP contribution in [-0.4, -0.2) is 29.8 Å². The number of amides is 1. The lowest BCUT2D eigenvalue weighted by Crippen LogP contribution is -2.35. The number of hydrogen-bond acceptors (Lipinski definition) is 4. The molecule has 0 fully saturated rings. The van der Waals surface area contributed by atoms with Crippen molar-refractivity contribution in [3.05, 3.63) is 0 Å². The summed E-state index contributed by atoms with van der Waals surface area (Å²) in [6.45, 7) is 17.9. The van der Waals surface area contributed by atoms with Crippen LogP contribution in [0.25, 0.3) is 0 Å². The molecule has 1 N–H and O–H groups in total. The molecule has 0 rings (SSSR count). The number of hydrogen-bond donors (Lipinski definition) is 1. The number of carbonyl (C=O) groups is 2. The number of carbonyl (C=O) groups excluding carboxylic acids is 2. The number of rotatable bonds is 6. The van der Waals surface area contributed by atoms with E-state index >= 15 is 0 Å². The Morgan fingerprint density at radius 1 is 0.833 bits per heavy atom. The summed E-state index contributed by atoms with van der Waals surface area (Å²) in [5, 5.41) is 2.74. The van der Waals surface area contributed by atoms with Crippen LogP contribution in [0.4, 0.5) is 4.79 Å². The molecule has 0 aliphatic heterocycles. The van der Waals surface area contributed by atoms with E-state index in [1.807, 2.05) is 41.5 Å². The van der Waals surface area contributed by atoms with Gasteiger partial charge in [0.2, 0.25) is 0 Å². The smallest absolute Gasteiger partial charge is 0.407 e. The topological polar surface area (TPSA) is 64.6 Å². The van der Waals surface area contributed by atoms with Gasteiger partial charge in [0.25, 0.3) is 0 Å². The first-order valence-electron chi connectivity index (χ1n) is 8.81. The maximum Gasteiger partial charge on any atom is 0.407 e. The average Bonchev–Trinajstić information content (AvgIpc) is 2.26. The Hall–Kier alpha value is -1.26. The lowest BCUT2D eigenvalue weighted by atomic mass is 9.78. The Labute approximate surface area is 147 Å². The molecule has 0 aliphatic rings. The van der Waals surface area contributed by atoms with Crippen molar-refractivity contribution in [1.82, 2.24) is 5.32 Å². The molecular weight excluding hydrogens is 306 g/mol. The molecule has 0 aromatic rings. The standard InChI is InChI=1S/C19H37NO4/c1-17(2,3)14(15(21)23-18(4,5)6)12-10-11-13-20-16(22)24-19(7,8)9/h14H,10-13H2,1-9H3,(H,20,22). The molecule has 142 valence electrons. The molecule has 0 bridgehead atoms. The van der Waals surface area contributed by atoms with Gasteiger partial charge in [0.15, 0.2) is 0 Å². The summed E-state index contributed by atoms with van der Waals surface area (Å²) in [6.07, 6.45) is 1.99. The van der Waals surface area contributed by atoms with Crippen LogP contribution >= 0.6 is 0 Å². The lowest BCUT2D eigenvalue weighted by Gasteiger charge is -2.32. The number of unbranched alkanes of at least 4 members (excludes halogenated alkanes) is 1. The molecule has 5 heteroatoms. The second kappa shape index (κ2) is 8.72. The van der Waals surface area contributed by atoms with Gasteiger partial charge in [-0.2, -0.15) is 0 Å². The van der Waals surface area contributed by atoms with Crippen molar-refractivity contribution < 1.29 is 19.1 Å². The van der Waals surface area contributed by atoms with Crippen LogP contribution in [0.3, 0.4) is 0 Å². The highest BCUT2D eigenvalue weighted by atomic mass is 16.6. The van der Waals surface area contributed by atoms with Crippen LogP contribution in [0.2, 0.25) is 0 Å². The normalized spacial score (nSPS) is 14.0. The molecule has 1 unspecified atom stereocenters. The highest BCUT2D eigenvalue weighted by Gasteiger charge is 2.34. The Balaban J connectivity index is 4.31. The van der Waals surface area contributed by atoms with Crippen LogP contribution in [0.1, 0.15) is 81.6 Å². The largest absolute Gasteiger partial charge is 0.460 e. The molecule has 0 aliphatic carbocycles. The minimum absolute atomic E-state index is 0.143. The fraction of sp³-hybridized carbons (Fsp3) is 0.895. The summed E-state index contributed by atoms with van der Waals surface area (Å²) < 4.78 is 10.7. The zero-order chi connectivity index (χ0) is 19.2. The van der Waals surface area contributed by atoms with Gasteiger partial charge < -0.3 is 14.8 Å². The van der Waals surface area contributed by atoms with E-state index in [4.69, 9.17) is 9.47 Å². The van der Waals surface area contributed by atoms with Gasteiger partial charge in [-0.15, -0.1) is 0 Å². The summed E-state index contributed by atoms with van der Waals surface area (Å²) in [7, 11) is 0. The van der Waals surface area contributed by atoms with Crippen molar-refractivity contribution in [1.29, 1.82) is 0 Å². The summed E-state index contributed by atoms with van der Waals surface area (Å²) in [4.78, 5) is 24.0. The van der Waals surface area contributed by atoms with E-state index < -0.39 is 17.3 Å². The van der Waals surface area contributed by atoms with Crippen molar-refractivity contribution >= 4 is 12.1 Å². The molecule has 0 radical (unpaired) electrons. The first kappa shape index (κ1) is 22.7. The van der Waals surface area contributed by atoms with E-state index in [0.29, 0.717) is 6.54 Å². The highest BCUT2D eigenvalue weighted by molar-refractivity contribution is 5.73. The summed E-state index contributed by atoms with van der Waals surface area (Å²) in [5.74, 6) is -0.298. The predicted octanol–water partition coefficient (Wildman–Crippen LogP) is 4.69. The Morgan fingerprint density at radius 3 is 1.75 bits per heavy atom. The lowest BCUT2D eigenvalue weighted by molar-refractivity contribution is -0.164. The minimum atomic E-state index is -0.488. The van der Waals surface area contributed by atoms with Crippen molar-refractivity contribution in [2.24, 2.45) is 11.3 Å². The minimum Gasteiger partial charge on any atom is -0.460 e. The van der Waals surface area contributed by atoms with E-state index in [9.17, 15) is 9.59 Å². The molecule has 24 heavy (non-hydrogen) atoms. The summed E-state index contributed by atoms with van der Waals surface area (Å²) >= 11 is 0. The van der Waals surface area contributed by atoms with Crippen LogP contribution in [-0.2, 0) is 14.3 Å². The first-order valence-corrected chi connectivity index (χ1v) is 8.81. The molecule has 0 heterocycles. The van der Waals surface area contributed by atoms with E-state index in [1.165, 1.54) is 0 Å². The van der Waals surface area contributed by atoms with Crippen molar-refractivity contribution in [2.75, 3.05) is 6.54 Å². The second-order valence-electron chi connectivity index (χ2n) is 9.38. The molecule has 0 saturated carbocycles. The molecule has 1 amide bonds. The third-order valence-corrected chi connectivity index (χ3v) is 3.32. The average molecular weight is 344 g/mol.